The van der Waals surface area contributed by atoms with Crippen LogP contribution in [0.2, 0.25) is 0 Å². The van der Waals surface area contributed by atoms with Gasteiger partial charge in [-0.15, -0.1) is 22.5 Å². The molecule has 2 heterocycles. The van der Waals surface area contributed by atoms with Crippen LogP contribution in [0, 0.1) is 12.3 Å². The number of nitrogens with one attached hydrogen (secondary N) is 1. The summed E-state index contributed by atoms with van der Waals surface area (Å²) in [7, 11) is 0. The maximum atomic E-state index is 12.5. The lowest BCUT2D eigenvalue weighted by Gasteiger charge is -2.18. The van der Waals surface area contributed by atoms with E-state index in [1.807, 2.05) is 4.90 Å². The summed E-state index contributed by atoms with van der Waals surface area (Å²) in [6.07, 6.45) is 1.42. The zero-order chi connectivity index (χ0) is 16.9. The van der Waals surface area contributed by atoms with Crippen molar-refractivity contribution < 1.29 is 18.0 Å². The lowest BCUT2D eigenvalue weighted by molar-refractivity contribution is -0.139. The van der Waals surface area contributed by atoms with Crippen molar-refractivity contribution in [2.24, 2.45) is 0 Å². The van der Waals surface area contributed by atoms with Gasteiger partial charge in [-0.1, -0.05) is 0 Å². The minimum atomic E-state index is -4.40. The molecule has 1 unspecified atom stereocenters. The highest BCUT2D eigenvalue weighted by Crippen LogP contribution is 2.23. The van der Waals surface area contributed by atoms with Crippen LogP contribution in [0.25, 0.3) is 0 Å². The molecule has 1 aliphatic rings. The second kappa shape index (κ2) is 7.31. The van der Waals surface area contributed by atoms with Gasteiger partial charge < -0.3 is 10.2 Å². The number of aromatic nitrogens is 2. The van der Waals surface area contributed by atoms with Crippen LogP contribution in [0.5, 0.6) is 0 Å². The molecule has 0 aliphatic carbocycles. The average Bonchev–Trinajstić information content (AvgIpc) is 3.00. The zero-order valence-electron chi connectivity index (χ0n) is 12.4. The van der Waals surface area contributed by atoms with Crippen LogP contribution in [-0.2, 0) is 0 Å². The van der Waals surface area contributed by atoms with Crippen molar-refractivity contribution in [2.45, 2.75) is 37.9 Å². The van der Waals surface area contributed by atoms with Gasteiger partial charge in [0.1, 0.15) is 0 Å². The van der Waals surface area contributed by atoms with Gasteiger partial charge in [-0.05, 0) is 25.0 Å². The number of rotatable bonds is 5. The Balaban J connectivity index is 1.99. The Bertz CT molecular complexity index is 574. The summed E-state index contributed by atoms with van der Waals surface area (Å²) in [4.78, 5) is 14.0. The van der Waals surface area contributed by atoms with Crippen molar-refractivity contribution in [1.82, 2.24) is 15.5 Å². The fourth-order valence-corrected chi connectivity index (χ4v) is 2.42. The average molecular weight is 326 g/mol. The molecule has 23 heavy (non-hydrogen) atoms. The Morgan fingerprint density at radius 2 is 2.04 bits per heavy atom. The maximum absolute atomic E-state index is 12.5. The van der Waals surface area contributed by atoms with Gasteiger partial charge in [0.25, 0.3) is 5.91 Å². The van der Waals surface area contributed by atoms with E-state index in [0.29, 0.717) is 5.82 Å². The van der Waals surface area contributed by atoms with Crippen LogP contribution in [0.4, 0.5) is 19.0 Å². The zero-order valence-corrected chi connectivity index (χ0v) is 12.4. The fraction of sp³-hybridized carbons (Fsp3) is 0.533. The molecule has 1 aromatic rings. The summed E-state index contributed by atoms with van der Waals surface area (Å²) >= 11 is 0. The van der Waals surface area contributed by atoms with Crippen LogP contribution < -0.4 is 10.2 Å². The predicted octanol–water partition coefficient (Wildman–Crippen LogP) is 2.15. The summed E-state index contributed by atoms with van der Waals surface area (Å²) in [6, 6.07) is 1.93. The monoisotopic (exact) mass is 326 g/mol. The van der Waals surface area contributed by atoms with E-state index < -0.39 is 24.5 Å². The molecule has 0 bridgehead atoms. The number of anilines is 1. The summed E-state index contributed by atoms with van der Waals surface area (Å²) in [5.41, 5.74) is -0.0304. The predicted molar refractivity (Wildman–Crippen MR) is 78.9 cm³/mol. The molecule has 0 saturated carbocycles. The van der Waals surface area contributed by atoms with Gasteiger partial charge in [0.05, 0.1) is 6.42 Å². The Morgan fingerprint density at radius 3 is 2.57 bits per heavy atom. The Labute approximate surface area is 132 Å². The standard InChI is InChI=1S/C15H17F3N4O/c1-2-5-11(10-15(16,17)18)19-14(23)12-6-7-13(21-20-12)22-8-3-4-9-22/h1,6-7,11H,3-5,8-10H2,(H,19,23). The third-order valence-electron chi connectivity index (χ3n) is 3.49. The smallest absolute Gasteiger partial charge is 0.355 e. The molecular weight excluding hydrogens is 309 g/mol. The van der Waals surface area contributed by atoms with Crippen molar-refractivity contribution in [3.05, 3.63) is 17.8 Å². The fourth-order valence-electron chi connectivity index (χ4n) is 2.42. The molecular formula is C15H17F3N4O. The van der Waals surface area contributed by atoms with Crippen LogP contribution in [0.1, 0.15) is 36.2 Å². The maximum Gasteiger partial charge on any atom is 0.391 e. The van der Waals surface area contributed by atoms with Crippen molar-refractivity contribution in [3.8, 4) is 12.3 Å². The molecule has 0 aromatic carbocycles. The highest BCUT2D eigenvalue weighted by Gasteiger charge is 2.32. The SMILES string of the molecule is C#CCC(CC(F)(F)F)NC(=O)c1ccc(N2CCCC2)nn1. The summed E-state index contributed by atoms with van der Waals surface area (Å²) < 4.78 is 37.4. The molecule has 1 aliphatic heterocycles. The van der Waals surface area contributed by atoms with Crippen molar-refractivity contribution in [3.63, 3.8) is 0 Å². The van der Waals surface area contributed by atoms with E-state index in [1.54, 1.807) is 6.07 Å². The van der Waals surface area contributed by atoms with Crippen molar-refractivity contribution in [2.75, 3.05) is 18.0 Å². The second-order valence-corrected chi connectivity index (χ2v) is 5.37. The third kappa shape index (κ3) is 5.13. The largest absolute Gasteiger partial charge is 0.391 e. The van der Waals surface area contributed by atoms with Gasteiger partial charge in [0.15, 0.2) is 11.5 Å². The van der Waals surface area contributed by atoms with E-state index in [-0.39, 0.29) is 12.1 Å². The van der Waals surface area contributed by atoms with Gasteiger partial charge in [0.2, 0.25) is 0 Å². The van der Waals surface area contributed by atoms with Crippen LogP contribution in [0.15, 0.2) is 12.1 Å². The lowest BCUT2D eigenvalue weighted by Crippen LogP contribution is -2.38. The quantitative estimate of drug-likeness (QED) is 0.843. The number of terminal acetylenes is 1. The lowest BCUT2D eigenvalue weighted by atomic mass is 10.1. The molecule has 1 aromatic heterocycles. The molecule has 1 atom stereocenters. The normalized spacial score (nSPS) is 16.0. The third-order valence-corrected chi connectivity index (χ3v) is 3.49. The molecule has 124 valence electrons. The summed E-state index contributed by atoms with van der Waals surface area (Å²) in [5, 5.41) is 10.0. The first-order chi connectivity index (χ1) is 10.9. The van der Waals surface area contributed by atoms with Crippen LogP contribution >= 0.6 is 0 Å². The summed E-state index contributed by atoms with van der Waals surface area (Å²) in [5.74, 6) is 2.08. The molecule has 1 amide bonds. The molecule has 1 fully saturated rings. The molecule has 1 N–H and O–H groups in total. The number of carbonyl (C=O) groups excluding carboxylic acids is 1. The second-order valence-electron chi connectivity index (χ2n) is 5.37. The molecule has 2 rings (SSSR count). The highest BCUT2D eigenvalue weighted by atomic mass is 19.4. The van der Waals surface area contributed by atoms with E-state index in [0.717, 1.165) is 25.9 Å². The molecule has 0 spiro atoms. The first-order valence-corrected chi connectivity index (χ1v) is 7.29. The van der Waals surface area contributed by atoms with Gasteiger partial charge in [-0.25, -0.2) is 0 Å². The first-order valence-electron chi connectivity index (χ1n) is 7.29. The molecule has 0 radical (unpaired) electrons. The van der Waals surface area contributed by atoms with Crippen molar-refractivity contribution in [1.29, 1.82) is 0 Å². The number of hydrogen-bond acceptors (Lipinski definition) is 4. The van der Waals surface area contributed by atoms with Gasteiger partial charge in [-0.2, -0.15) is 13.2 Å². The number of alkyl halides is 3. The van der Waals surface area contributed by atoms with E-state index in [4.69, 9.17) is 6.42 Å². The highest BCUT2D eigenvalue weighted by molar-refractivity contribution is 5.92. The molecule has 8 heteroatoms. The van der Waals surface area contributed by atoms with Gasteiger partial charge in [0, 0.05) is 25.6 Å². The topological polar surface area (TPSA) is 58.1 Å². The minimum Gasteiger partial charge on any atom is -0.355 e. The first kappa shape index (κ1) is 17.1. The molecule has 1 saturated heterocycles. The number of hydrogen-bond donors (Lipinski definition) is 1. The Kier molecular flexibility index (Phi) is 5.42. The van der Waals surface area contributed by atoms with Crippen LogP contribution in [-0.4, -0.2) is 41.4 Å². The summed E-state index contributed by atoms with van der Waals surface area (Å²) in [6.45, 7) is 1.77. The van der Waals surface area contributed by atoms with E-state index in [1.165, 1.54) is 6.07 Å². The Morgan fingerprint density at radius 1 is 1.35 bits per heavy atom. The number of halogens is 3. The molecule has 5 nitrogen and oxygen atoms in total. The van der Waals surface area contributed by atoms with Crippen LogP contribution in [0.3, 0.4) is 0 Å². The van der Waals surface area contributed by atoms with Gasteiger partial charge in [-0.3, -0.25) is 4.79 Å². The number of amides is 1. The number of carbonyl (C=O) groups is 1. The Hall–Kier alpha value is -2.30. The van der Waals surface area contributed by atoms with Gasteiger partial charge >= 0.3 is 6.18 Å². The van der Waals surface area contributed by atoms with Crippen molar-refractivity contribution >= 4 is 11.7 Å². The van der Waals surface area contributed by atoms with E-state index >= 15 is 0 Å². The van der Waals surface area contributed by atoms with E-state index in [2.05, 4.69) is 21.4 Å². The minimum absolute atomic E-state index is 0.0304. The number of nitrogens with zero attached hydrogens (tertiary/aromatic N) is 3. The van der Waals surface area contributed by atoms with E-state index in [9.17, 15) is 18.0 Å².